The first-order valence-corrected chi connectivity index (χ1v) is 4.60. The minimum atomic E-state index is -0.223. The highest BCUT2D eigenvalue weighted by Gasteiger charge is 2.11. The molecule has 6 heteroatoms. The largest absolute Gasteiger partial charge is 0.383 e. The van der Waals surface area contributed by atoms with Crippen LogP contribution in [-0.2, 0) is 19.1 Å². The highest BCUT2D eigenvalue weighted by atomic mass is 16.5. The topological polar surface area (TPSA) is 67.9 Å². The Bertz CT molecular complexity index is 208. The van der Waals surface area contributed by atoms with Gasteiger partial charge in [-0.1, -0.05) is 0 Å². The minimum Gasteiger partial charge on any atom is -0.383 e. The molecule has 0 aliphatic rings. The van der Waals surface area contributed by atoms with Crippen LogP contribution in [0.2, 0.25) is 0 Å². The van der Waals surface area contributed by atoms with E-state index >= 15 is 0 Å². The molecule has 0 heterocycles. The molecule has 2 amide bonds. The lowest BCUT2D eigenvalue weighted by molar-refractivity contribution is -0.137. The van der Waals surface area contributed by atoms with E-state index in [0.29, 0.717) is 13.2 Å². The molecule has 0 fully saturated rings. The highest BCUT2D eigenvalue weighted by Crippen LogP contribution is 1.85. The van der Waals surface area contributed by atoms with Crippen molar-refractivity contribution < 1.29 is 19.1 Å². The Balaban J connectivity index is 3.70. The van der Waals surface area contributed by atoms with E-state index in [9.17, 15) is 9.59 Å². The second-order valence-corrected chi connectivity index (χ2v) is 3.03. The standard InChI is InChI=1S/C9H18N2O4/c1-11(9(13)7-15-3)6-8(12)10-4-5-14-2/h4-7H2,1-3H3,(H,10,12). The number of rotatable bonds is 7. The Morgan fingerprint density at radius 1 is 1.27 bits per heavy atom. The molecule has 88 valence electrons. The third-order valence-corrected chi connectivity index (χ3v) is 1.70. The number of nitrogens with one attached hydrogen (secondary N) is 1. The summed E-state index contributed by atoms with van der Waals surface area (Å²) in [6.07, 6.45) is 0. The first kappa shape index (κ1) is 13.9. The van der Waals surface area contributed by atoms with Gasteiger partial charge in [0.1, 0.15) is 6.61 Å². The van der Waals surface area contributed by atoms with E-state index < -0.39 is 0 Å². The van der Waals surface area contributed by atoms with E-state index in [4.69, 9.17) is 4.74 Å². The number of carbonyl (C=O) groups excluding carboxylic acids is 2. The highest BCUT2D eigenvalue weighted by molar-refractivity contribution is 5.85. The van der Waals surface area contributed by atoms with Crippen molar-refractivity contribution in [2.24, 2.45) is 0 Å². The van der Waals surface area contributed by atoms with Crippen LogP contribution < -0.4 is 5.32 Å². The molecule has 6 nitrogen and oxygen atoms in total. The summed E-state index contributed by atoms with van der Waals surface area (Å²) in [7, 11) is 4.54. The maximum atomic E-state index is 11.2. The van der Waals surface area contributed by atoms with Crippen LogP contribution in [0.4, 0.5) is 0 Å². The van der Waals surface area contributed by atoms with E-state index in [2.05, 4.69) is 10.1 Å². The zero-order valence-electron chi connectivity index (χ0n) is 9.41. The summed E-state index contributed by atoms with van der Waals surface area (Å²) in [5.41, 5.74) is 0. The van der Waals surface area contributed by atoms with Gasteiger partial charge in [0.05, 0.1) is 13.2 Å². The van der Waals surface area contributed by atoms with E-state index in [1.165, 1.54) is 12.0 Å². The molecule has 0 unspecified atom stereocenters. The first-order valence-electron chi connectivity index (χ1n) is 4.60. The molecule has 0 rings (SSSR count). The van der Waals surface area contributed by atoms with Gasteiger partial charge in [0, 0.05) is 27.8 Å². The Hall–Kier alpha value is -1.14. The third-order valence-electron chi connectivity index (χ3n) is 1.70. The molecular weight excluding hydrogens is 200 g/mol. The number of hydrogen-bond acceptors (Lipinski definition) is 4. The van der Waals surface area contributed by atoms with E-state index in [-0.39, 0.29) is 25.0 Å². The van der Waals surface area contributed by atoms with Crippen LogP contribution >= 0.6 is 0 Å². The molecule has 15 heavy (non-hydrogen) atoms. The number of methoxy groups -OCH3 is 2. The quantitative estimate of drug-likeness (QED) is 0.548. The molecule has 0 aliphatic carbocycles. The Kier molecular flexibility index (Phi) is 7.57. The van der Waals surface area contributed by atoms with Crippen LogP contribution in [0, 0.1) is 0 Å². The lowest BCUT2D eigenvalue weighted by Gasteiger charge is -2.15. The second-order valence-electron chi connectivity index (χ2n) is 3.03. The van der Waals surface area contributed by atoms with Gasteiger partial charge in [-0.15, -0.1) is 0 Å². The number of hydrogen-bond donors (Lipinski definition) is 1. The van der Waals surface area contributed by atoms with Gasteiger partial charge in [0.25, 0.3) is 0 Å². The van der Waals surface area contributed by atoms with Crippen molar-refractivity contribution in [3.05, 3.63) is 0 Å². The molecular formula is C9H18N2O4. The van der Waals surface area contributed by atoms with E-state index in [1.54, 1.807) is 14.2 Å². The fourth-order valence-corrected chi connectivity index (χ4v) is 0.886. The van der Waals surface area contributed by atoms with Gasteiger partial charge in [0.2, 0.25) is 11.8 Å². The van der Waals surface area contributed by atoms with Gasteiger partial charge >= 0.3 is 0 Å². The molecule has 0 saturated carbocycles. The molecule has 0 bridgehead atoms. The number of likely N-dealkylation sites (N-methyl/N-ethyl adjacent to an activating group) is 1. The van der Waals surface area contributed by atoms with Crippen LogP contribution in [0.3, 0.4) is 0 Å². The van der Waals surface area contributed by atoms with Crippen LogP contribution in [0.1, 0.15) is 0 Å². The summed E-state index contributed by atoms with van der Waals surface area (Å²) in [4.78, 5) is 23.8. The summed E-state index contributed by atoms with van der Waals surface area (Å²) in [6, 6.07) is 0. The van der Waals surface area contributed by atoms with Crippen molar-refractivity contribution in [2.75, 3.05) is 47.6 Å². The van der Waals surface area contributed by atoms with Gasteiger partial charge in [0.15, 0.2) is 0 Å². The molecule has 0 aliphatic heterocycles. The minimum absolute atomic E-state index is 0.0121. The Morgan fingerprint density at radius 2 is 1.93 bits per heavy atom. The fourth-order valence-electron chi connectivity index (χ4n) is 0.886. The van der Waals surface area contributed by atoms with Crippen LogP contribution in [0.25, 0.3) is 0 Å². The number of ether oxygens (including phenoxy) is 2. The summed E-state index contributed by atoms with van der Waals surface area (Å²) in [6.45, 7) is 0.927. The Morgan fingerprint density at radius 3 is 2.47 bits per heavy atom. The van der Waals surface area contributed by atoms with E-state index in [0.717, 1.165) is 0 Å². The Labute approximate surface area is 89.5 Å². The fraction of sp³-hybridized carbons (Fsp3) is 0.778. The normalized spacial score (nSPS) is 9.80. The second kappa shape index (κ2) is 8.19. The van der Waals surface area contributed by atoms with Crippen molar-refractivity contribution in [3.63, 3.8) is 0 Å². The van der Waals surface area contributed by atoms with Gasteiger partial charge in [-0.2, -0.15) is 0 Å². The number of carbonyl (C=O) groups is 2. The summed E-state index contributed by atoms with van der Waals surface area (Å²) in [5.74, 6) is -0.432. The molecule has 0 aromatic heterocycles. The van der Waals surface area contributed by atoms with Gasteiger partial charge in [-0.05, 0) is 0 Å². The molecule has 0 radical (unpaired) electrons. The average Bonchev–Trinajstić information content (AvgIpc) is 2.18. The van der Waals surface area contributed by atoms with Crippen molar-refractivity contribution in [1.29, 1.82) is 0 Å². The van der Waals surface area contributed by atoms with Crippen molar-refractivity contribution in [1.82, 2.24) is 10.2 Å². The zero-order valence-corrected chi connectivity index (χ0v) is 9.41. The van der Waals surface area contributed by atoms with Gasteiger partial charge < -0.3 is 19.7 Å². The van der Waals surface area contributed by atoms with Gasteiger partial charge in [-0.25, -0.2) is 0 Å². The van der Waals surface area contributed by atoms with Crippen LogP contribution in [0.15, 0.2) is 0 Å². The summed E-state index contributed by atoms with van der Waals surface area (Å²) < 4.78 is 9.43. The molecule has 0 saturated heterocycles. The lowest BCUT2D eigenvalue weighted by atomic mass is 10.4. The SMILES string of the molecule is COCCNC(=O)CN(C)C(=O)COC. The maximum Gasteiger partial charge on any atom is 0.248 e. The van der Waals surface area contributed by atoms with Crippen molar-refractivity contribution in [3.8, 4) is 0 Å². The monoisotopic (exact) mass is 218 g/mol. The average molecular weight is 218 g/mol. The smallest absolute Gasteiger partial charge is 0.248 e. The predicted octanol–water partition coefficient (Wildman–Crippen LogP) is -1.15. The molecule has 0 aromatic rings. The summed E-state index contributed by atoms with van der Waals surface area (Å²) >= 11 is 0. The van der Waals surface area contributed by atoms with Crippen molar-refractivity contribution >= 4 is 11.8 Å². The predicted molar refractivity (Wildman–Crippen MR) is 54.4 cm³/mol. The van der Waals surface area contributed by atoms with Gasteiger partial charge in [-0.3, -0.25) is 9.59 Å². The number of nitrogens with zero attached hydrogens (tertiary/aromatic N) is 1. The number of amides is 2. The zero-order chi connectivity index (χ0) is 11.7. The van der Waals surface area contributed by atoms with E-state index in [1.807, 2.05) is 0 Å². The lowest BCUT2D eigenvalue weighted by Crippen LogP contribution is -2.40. The van der Waals surface area contributed by atoms with Crippen molar-refractivity contribution in [2.45, 2.75) is 0 Å². The van der Waals surface area contributed by atoms with Crippen LogP contribution in [0.5, 0.6) is 0 Å². The molecule has 1 N–H and O–H groups in total. The third kappa shape index (κ3) is 6.87. The molecule has 0 atom stereocenters. The summed E-state index contributed by atoms with van der Waals surface area (Å²) in [5, 5.41) is 2.61. The molecule has 0 spiro atoms. The van der Waals surface area contributed by atoms with Crippen LogP contribution in [-0.4, -0.2) is 64.3 Å². The maximum absolute atomic E-state index is 11.2. The molecule has 0 aromatic carbocycles. The first-order chi connectivity index (χ1) is 7.11.